The van der Waals surface area contributed by atoms with Gasteiger partial charge in [-0.15, -0.1) is 11.3 Å². The zero-order valence-corrected chi connectivity index (χ0v) is 14.1. The van der Waals surface area contributed by atoms with Gasteiger partial charge in [-0.05, 0) is 36.6 Å². The van der Waals surface area contributed by atoms with Crippen LogP contribution in [0.15, 0.2) is 40.8 Å². The fourth-order valence-electron chi connectivity index (χ4n) is 3.17. The Morgan fingerprint density at radius 1 is 1.45 bits per heavy atom. The smallest absolute Gasteiger partial charge is 0.195 e. The van der Waals surface area contributed by atoms with Crippen molar-refractivity contribution in [2.24, 2.45) is 5.10 Å². The lowest BCUT2D eigenvalue weighted by molar-refractivity contribution is -0.108. The Morgan fingerprint density at radius 3 is 3.05 bits per heavy atom. The van der Waals surface area contributed by atoms with Crippen LogP contribution in [-0.2, 0) is 0 Å². The van der Waals surface area contributed by atoms with Crippen molar-refractivity contribution in [3.05, 3.63) is 51.2 Å². The monoisotopic (exact) mass is 332 g/mol. The summed E-state index contributed by atoms with van der Waals surface area (Å²) in [5.41, 5.74) is 1.86. The first-order valence-electron chi connectivity index (χ1n) is 7.50. The summed E-state index contributed by atoms with van der Waals surface area (Å²) in [5.74, 6) is 0.928. The van der Waals surface area contributed by atoms with Gasteiger partial charge in [0.1, 0.15) is 5.75 Å². The fraction of sp³-hybridized carbons (Fsp3) is 0.353. The van der Waals surface area contributed by atoms with Crippen molar-refractivity contribution in [3.8, 4) is 5.75 Å². The molecule has 3 nitrogen and oxygen atoms in total. The standard InChI is InChI=1S/C17H17ClN2OS/c1-3-17(2)20-14(10-13(19-20)16-5-4-8-22-16)12-9-11(18)6-7-15(12)21-17/h4-9,14H,3,10H2,1-2H3/t14-,17-/m0/s1. The molecule has 5 heteroatoms. The Bertz CT molecular complexity index is 743. The third-order valence-corrected chi connectivity index (χ3v) is 5.67. The van der Waals surface area contributed by atoms with Crippen LogP contribution in [0.2, 0.25) is 5.02 Å². The molecular formula is C17H17ClN2OS. The first-order chi connectivity index (χ1) is 10.6. The summed E-state index contributed by atoms with van der Waals surface area (Å²) in [5, 5.41) is 9.86. The van der Waals surface area contributed by atoms with Crippen molar-refractivity contribution >= 4 is 28.6 Å². The summed E-state index contributed by atoms with van der Waals surface area (Å²) in [4.78, 5) is 1.23. The van der Waals surface area contributed by atoms with E-state index in [0.29, 0.717) is 0 Å². The maximum Gasteiger partial charge on any atom is 0.195 e. The third kappa shape index (κ3) is 2.05. The summed E-state index contributed by atoms with van der Waals surface area (Å²) in [6.45, 7) is 4.25. The van der Waals surface area contributed by atoms with Crippen molar-refractivity contribution < 1.29 is 4.74 Å². The lowest BCUT2D eigenvalue weighted by Gasteiger charge is -2.45. The molecule has 0 saturated heterocycles. The largest absolute Gasteiger partial charge is 0.466 e. The van der Waals surface area contributed by atoms with E-state index in [1.807, 2.05) is 18.2 Å². The van der Waals surface area contributed by atoms with Crippen LogP contribution in [0.1, 0.15) is 43.2 Å². The van der Waals surface area contributed by atoms with Gasteiger partial charge in [0.2, 0.25) is 0 Å². The highest BCUT2D eigenvalue weighted by molar-refractivity contribution is 7.12. The number of fused-ring (bicyclic) bond motifs is 3. The number of hydrazone groups is 1. The maximum absolute atomic E-state index is 6.27. The molecule has 2 atom stereocenters. The second-order valence-corrected chi connectivity index (χ2v) is 7.29. The molecule has 1 aromatic carbocycles. The third-order valence-electron chi connectivity index (χ3n) is 4.52. The number of rotatable bonds is 2. The second-order valence-electron chi connectivity index (χ2n) is 5.90. The van der Waals surface area contributed by atoms with Gasteiger partial charge in [0.15, 0.2) is 5.72 Å². The highest BCUT2D eigenvalue weighted by Gasteiger charge is 2.46. The van der Waals surface area contributed by atoms with Gasteiger partial charge in [-0.3, -0.25) is 0 Å². The van der Waals surface area contributed by atoms with Gasteiger partial charge in [0, 0.05) is 23.4 Å². The predicted molar refractivity (Wildman–Crippen MR) is 90.8 cm³/mol. The SMILES string of the molecule is CC[C@]1(C)Oc2ccc(Cl)cc2[C@@H]2CC(c3cccs3)=NN21. The number of thiophene rings is 1. The fourth-order valence-corrected chi connectivity index (χ4v) is 4.07. The van der Waals surface area contributed by atoms with Crippen molar-refractivity contribution in [2.45, 2.75) is 38.5 Å². The van der Waals surface area contributed by atoms with Crippen LogP contribution < -0.4 is 4.74 Å². The molecule has 0 spiro atoms. The topological polar surface area (TPSA) is 24.8 Å². The average molecular weight is 333 g/mol. The number of benzene rings is 1. The van der Waals surface area contributed by atoms with E-state index in [0.717, 1.165) is 34.9 Å². The van der Waals surface area contributed by atoms with Gasteiger partial charge in [0.25, 0.3) is 0 Å². The minimum absolute atomic E-state index is 0.199. The first-order valence-corrected chi connectivity index (χ1v) is 8.75. The molecule has 2 aliphatic heterocycles. The van der Waals surface area contributed by atoms with Gasteiger partial charge in [-0.2, -0.15) is 5.10 Å². The predicted octanol–water partition coefficient (Wildman–Crippen LogP) is 5.07. The van der Waals surface area contributed by atoms with Crippen LogP contribution in [0.5, 0.6) is 5.75 Å². The summed E-state index contributed by atoms with van der Waals surface area (Å²) in [6.07, 6.45) is 1.76. The van der Waals surface area contributed by atoms with Gasteiger partial charge in [-0.1, -0.05) is 24.6 Å². The van der Waals surface area contributed by atoms with E-state index in [1.54, 1.807) is 11.3 Å². The normalized spacial score (nSPS) is 26.2. The molecule has 0 amide bonds. The molecule has 1 aromatic heterocycles. The van der Waals surface area contributed by atoms with Crippen LogP contribution in [0, 0.1) is 0 Å². The van der Waals surface area contributed by atoms with Crippen LogP contribution in [0.3, 0.4) is 0 Å². The van der Waals surface area contributed by atoms with Crippen molar-refractivity contribution in [1.29, 1.82) is 0 Å². The molecule has 2 aromatic rings. The van der Waals surface area contributed by atoms with Crippen LogP contribution >= 0.6 is 22.9 Å². The van der Waals surface area contributed by atoms with Crippen LogP contribution in [0.25, 0.3) is 0 Å². The molecule has 22 heavy (non-hydrogen) atoms. The Balaban J connectivity index is 1.81. The molecular weight excluding hydrogens is 316 g/mol. The highest BCUT2D eigenvalue weighted by Crippen LogP contribution is 2.48. The number of halogens is 1. The van der Waals surface area contributed by atoms with E-state index in [4.69, 9.17) is 21.4 Å². The Kier molecular flexibility index (Phi) is 3.20. The van der Waals surface area contributed by atoms with E-state index in [1.165, 1.54) is 4.88 Å². The summed E-state index contributed by atoms with van der Waals surface area (Å²) >= 11 is 7.93. The van der Waals surface area contributed by atoms with E-state index in [-0.39, 0.29) is 6.04 Å². The van der Waals surface area contributed by atoms with E-state index < -0.39 is 5.72 Å². The highest BCUT2D eigenvalue weighted by atomic mass is 35.5. The number of hydrogen-bond acceptors (Lipinski definition) is 4. The second kappa shape index (κ2) is 5.00. The quantitative estimate of drug-likeness (QED) is 0.766. The summed E-state index contributed by atoms with van der Waals surface area (Å²) in [6, 6.07) is 10.3. The molecule has 4 rings (SSSR count). The molecule has 0 N–H and O–H groups in total. The average Bonchev–Trinajstić information content (AvgIpc) is 3.17. The van der Waals surface area contributed by atoms with Gasteiger partial charge < -0.3 is 4.74 Å². The minimum Gasteiger partial charge on any atom is -0.466 e. The number of hydrogen-bond donors (Lipinski definition) is 0. The van der Waals surface area contributed by atoms with Gasteiger partial charge in [0.05, 0.1) is 16.6 Å². The Morgan fingerprint density at radius 2 is 2.32 bits per heavy atom. The molecule has 0 unspecified atom stereocenters. The summed E-state index contributed by atoms with van der Waals surface area (Å²) in [7, 11) is 0. The number of nitrogens with zero attached hydrogens (tertiary/aromatic N) is 2. The molecule has 3 heterocycles. The van der Waals surface area contributed by atoms with Crippen molar-refractivity contribution in [1.82, 2.24) is 5.01 Å². The Labute approximate surface area is 139 Å². The van der Waals surface area contributed by atoms with Gasteiger partial charge >= 0.3 is 0 Å². The van der Waals surface area contributed by atoms with E-state index in [2.05, 4.69) is 36.4 Å². The first kappa shape index (κ1) is 14.1. The molecule has 2 aliphatic rings. The summed E-state index contributed by atoms with van der Waals surface area (Å²) < 4.78 is 6.27. The van der Waals surface area contributed by atoms with Crippen molar-refractivity contribution in [3.63, 3.8) is 0 Å². The lowest BCUT2D eigenvalue weighted by atomic mass is 9.96. The molecule has 0 saturated carbocycles. The molecule has 114 valence electrons. The zero-order valence-electron chi connectivity index (χ0n) is 12.5. The molecule has 0 bridgehead atoms. The lowest BCUT2D eigenvalue weighted by Crippen LogP contribution is -2.50. The maximum atomic E-state index is 6.27. The van der Waals surface area contributed by atoms with Crippen LogP contribution in [0.4, 0.5) is 0 Å². The Hall–Kier alpha value is -1.52. The van der Waals surface area contributed by atoms with Crippen LogP contribution in [-0.4, -0.2) is 16.4 Å². The van der Waals surface area contributed by atoms with Gasteiger partial charge in [-0.25, -0.2) is 5.01 Å². The molecule has 0 fully saturated rings. The van der Waals surface area contributed by atoms with E-state index >= 15 is 0 Å². The van der Waals surface area contributed by atoms with Crippen molar-refractivity contribution in [2.75, 3.05) is 0 Å². The number of ether oxygens (including phenoxy) is 1. The molecule has 0 radical (unpaired) electrons. The van der Waals surface area contributed by atoms with E-state index in [9.17, 15) is 0 Å². The molecule has 0 aliphatic carbocycles. The zero-order chi connectivity index (χ0) is 15.3. The minimum atomic E-state index is -0.412.